The van der Waals surface area contributed by atoms with E-state index in [1.54, 1.807) is 57.5 Å². The molecule has 3 saturated heterocycles. The number of Topliss-reactive ketones (excluding diaryl/α,β-unsaturated/α-hetero) is 5. The zero-order chi connectivity index (χ0) is 74.7. The third-order valence-corrected chi connectivity index (χ3v) is 17.0. The van der Waals surface area contributed by atoms with Crippen LogP contribution in [0.2, 0.25) is 0 Å². The van der Waals surface area contributed by atoms with Gasteiger partial charge in [-0.2, -0.15) is 0 Å². The molecule has 0 bridgehead atoms. The molecule has 5 aromatic carbocycles. The van der Waals surface area contributed by atoms with Gasteiger partial charge in [-0.05, 0) is 186 Å². The van der Waals surface area contributed by atoms with E-state index in [1.807, 2.05) is 43.3 Å². The van der Waals surface area contributed by atoms with E-state index in [0.717, 1.165) is 38.9 Å². The molecule has 0 radical (unpaired) electrons. The van der Waals surface area contributed by atoms with E-state index < -0.39 is 0 Å². The van der Waals surface area contributed by atoms with Crippen molar-refractivity contribution in [2.24, 2.45) is 0 Å². The number of carbonyl (C=O) groups excluding carboxylic acids is 7. The van der Waals surface area contributed by atoms with E-state index >= 15 is 0 Å². The molecule has 3 fully saturated rings. The van der Waals surface area contributed by atoms with Gasteiger partial charge < -0.3 is 34.9 Å². The maximum atomic E-state index is 10.7. The van der Waals surface area contributed by atoms with Gasteiger partial charge in [-0.25, -0.2) is 0 Å². The Bertz CT molecular complexity index is 2870. The molecule has 14 nitrogen and oxygen atoms in total. The molecule has 0 saturated carbocycles. The lowest BCUT2D eigenvalue weighted by atomic mass is 10.0. The first-order valence-electron chi connectivity index (χ1n) is 35.7. The van der Waals surface area contributed by atoms with E-state index in [1.165, 1.54) is 171 Å². The lowest BCUT2D eigenvalue weighted by Gasteiger charge is -2.25. The lowest BCUT2D eigenvalue weighted by molar-refractivity contribution is -0.124. The number of nitrogens with one attached hydrogen (secondary N) is 2. The molecule has 0 aliphatic carbocycles. The largest absolute Gasteiger partial charge is 0.359 e. The SMILES string of the molecule is CC(=O)CCN1CCCCC1.CC(=O)CCN1CCCCC1.CC(=O)CCN1CCCCC1.CNC(=O)CCC(C)=O.CNC(=O)CCC(C)=O.Cc1ccc(-c2ccccc2)cc1.Cc1ccc(C)cc1.Cc1ccc(C)cc1.Cc1ccc(C)cc1.Cc1cncs1.Cc1cncs1. The smallest absolute Gasteiger partial charge is 0.220 e. The number of piperidine rings is 3. The molecular formula is C84H125N7O7S2. The molecule has 7 aromatic rings. The summed E-state index contributed by atoms with van der Waals surface area (Å²) in [5.74, 6) is 0.898. The quantitative estimate of drug-likeness (QED) is 0.0937. The van der Waals surface area contributed by atoms with Gasteiger partial charge in [-0.15, -0.1) is 22.7 Å². The number of ketones is 5. The monoisotopic (exact) mass is 1410 g/mol. The van der Waals surface area contributed by atoms with Crippen molar-refractivity contribution in [2.45, 2.75) is 200 Å². The highest BCUT2D eigenvalue weighted by molar-refractivity contribution is 7.09. The van der Waals surface area contributed by atoms with Gasteiger partial charge in [-0.3, -0.25) is 33.9 Å². The van der Waals surface area contributed by atoms with Gasteiger partial charge in [0.2, 0.25) is 11.8 Å². The number of likely N-dealkylation sites (tertiary alicyclic amines) is 3. The molecule has 2 amide bonds. The molecule has 3 aliphatic heterocycles. The van der Waals surface area contributed by atoms with Crippen LogP contribution in [-0.2, 0) is 33.6 Å². The van der Waals surface area contributed by atoms with Crippen LogP contribution in [0.25, 0.3) is 11.1 Å². The minimum Gasteiger partial charge on any atom is -0.359 e. The maximum Gasteiger partial charge on any atom is 0.220 e. The number of thiazole rings is 2. The minimum atomic E-state index is -0.0785. The highest BCUT2D eigenvalue weighted by Gasteiger charge is 2.12. The Hall–Kier alpha value is -7.47. The van der Waals surface area contributed by atoms with Crippen molar-refractivity contribution < 1.29 is 33.6 Å². The van der Waals surface area contributed by atoms with Crippen LogP contribution in [0, 0.1) is 62.3 Å². The molecular weight excluding hydrogens is 1280 g/mol. The van der Waals surface area contributed by atoms with Crippen LogP contribution in [-0.4, -0.2) is 138 Å². The van der Waals surface area contributed by atoms with Gasteiger partial charge in [0, 0.05) is 101 Å². The average Bonchev–Trinajstić information content (AvgIpc) is 1.04. The van der Waals surface area contributed by atoms with E-state index in [9.17, 15) is 33.6 Å². The number of carbonyl (C=O) groups is 7. The van der Waals surface area contributed by atoms with Gasteiger partial charge in [0.05, 0.1) is 11.0 Å². The summed E-state index contributed by atoms with van der Waals surface area (Å²) in [4.78, 5) is 90.9. The Balaban J connectivity index is 0.00000109. The van der Waals surface area contributed by atoms with Gasteiger partial charge in [0.15, 0.2) is 0 Å². The summed E-state index contributed by atoms with van der Waals surface area (Å²) in [6.07, 6.45) is 19.2. The van der Waals surface area contributed by atoms with Crippen LogP contribution in [0.3, 0.4) is 0 Å². The fourth-order valence-electron chi connectivity index (χ4n) is 9.17. The second-order valence-corrected chi connectivity index (χ2v) is 27.9. The number of amides is 2. The molecule has 2 aromatic heterocycles. The first-order valence-corrected chi connectivity index (χ1v) is 37.4. The van der Waals surface area contributed by atoms with E-state index in [-0.39, 0.29) is 23.4 Å². The zero-order valence-corrected chi connectivity index (χ0v) is 65.7. The predicted molar refractivity (Wildman–Crippen MR) is 423 cm³/mol. The zero-order valence-electron chi connectivity index (χ0n) is 64.0. The number of hydrogen-bond donors (Lipinski definition) is 2. The third-order valence-electron chi connectivity index (χ3n) is 15.6. The summed E-state index contributed by atoms with van der Waals surface area (Å²) in [7, 11) is 3.12. The van der Waals surface area contributed by atoms with Crippen molar-refractivity contribution >= 4 is 63.4 Å². The molecule has 100 heavy (non-hydrogen) atoms. The molecule has 5 heterocycles. The Kier molecular flexibility index (Phi) is 55.8. The van der Waals surface area contributed by atoms with Crippen LogP contribution in [0.15, 0.2) is 151 Å². The van der Waals surface area contributed by atoms with Crippen LogP contribution in [0.4, 0.5) is 0 Å². The van der Waals surface area contributed by atoms with E-state index in [0.29, 0.717) is 43.0 Å². The fourth-order valence-corrected chi connectivity index (χ4v) is 9.99. The van der Waals surface area contributed by atoms with Crippen molar-refractivity contribution in [3.8, 4) is 11.1 Å². The van der Waals surface area contributed by atoms with Crippen LogP contribution >= 0.6 is 22.7 Å². The van der Waals surface area contributed by atoms with Crippen LogP contribution in [0.5, 0.6) is 0 Å². The Morgan fingerprint density at radius 3 is 0.740 bits per heavy atom. The Labute approximate surface area is 612 Å². The number of aryl methyl sites for hydroxylation is 9. The highest BCUT2D eigenvalue weighted by atomic mass is 32.1. The highest BCUT2D eigenvalue weighted by Crippen LogP contribution is 2.19. The summed E-state index contributed by atoms with van der Waals surface area (Å²) in [6, 6.07) is 44.5. The summed E-state index contributed by atoms with van der Waals surface area (Å²) < 4.78 is 0. The second-order valence-electron chi connectivity index (χ2n) is 25.7. The van der Waals surface area contributed by atoms with Gasteiger partial charge >= 0.3 is 0 Å². The molecule has 0 unspecified atom stereocenters. The standard InChI is InChI=1S/C13H12.3C9H17NO.3C8H10.2C6H11NO2.2C4H5NS/c1-11-7-9-13(10-8-11)12-5-3-2-4-6-12;3*1-9(11)5-8-10-6-3-2-4-7-10;3*1-7-3-5-8(2)6-4-7;2*1-5(8)3-4-6(9)7-2;2*1-4-2-5-3-6-4/h2-10H,1H3;3*2-8H2,1H3;3*3-6H,1-2H3;2*3-4H2,1-2H3,(H,7,9);2*2-3H,1H3. The van der Waals surface area contributed by atoms with Crippen molar-refractivity contribution in [3.63, 3.8) is 0 Å². The normalized spacial score (nSPS) is 12.8. The third kappa shape index (κ3) is 58.3. The molecule has 16 heteroatoms. The Morgan fingerprint density at radius 1 is 0.320 bits per heavy atom. The maximum absolute atomic E-state index is 10.7. The summed E-state index contributed by atoms with van der Waals surface area (Å²) >= 11 is 3.33. The van der Waals surface area contributed by atoms with E-state index in [2.05, 4.69) is 205 Å². The summed E-state index contributed by atoms with van der Waals surface area (Å²) in [6.45, 7) is 36.9. The number of rotatable bonds is 16. The molecule has 550 valence electrons. The second kappa shape index (κ2) is 60.3. The molecule has 0 spiro atoms. The van der Waals surface area contributed by atoms with Gasteiger partial charge in [0.25, 0.3) is 0 Å². The van der Waals surface area contributed by atoms with Crippen LogP contribution < -0.4 is 10.6 Å². The van der Waals surface area contributed by atoms with Gasteiger partial charge in [0.1, 0.15) is 28.9 Å². The summed E-state index contributed by atoms with van der Waals surface area (Å²) in [5, 5.41) is 4.86. The van der Waals surface area contributed by atoms with E-state index in [4.69, 9.17) is 0 Å². The number of benzene rings is 5. The average molecular weight is 1410 g/mol. The molecule has 0 atom stereocenters. The van der Waals surface area contributed by atoms with Crippen molar-refractivity contribution in [2.75, 3.05) is 73.0 Å². The van der Waals surface area contributed by atoms with Gasteiger partial charge in [-0.1, -0.05) is 186 Å². The number of aromatic nitrogens is 2. The summed E-state index contributed by atoms with van der Waals surface area (Å²) in [5.41, 5.74) is 15.5. The topological polar surface area (TPSA) is 179 Å². The first-order chi connectivity index (χ1) is 47.7. The fraction of sp³-hybridized carbons (Fsp3) is 0.488. The minimum absolute atomic E-state index is 0.0543. The first kappa shape index (κ1) is 92.5. The van der Waals surface area contributed by atoms with Crippen molar-refractivity contribution in [1.29, 1.82) is 0 Å². The van der Waals surface area contributed by atoms with Crippen molar-refractivity contribution in [1.82, 2.24) is 35.3 Å². The molecule has 2 N–H and O–H groups in total. The predicted octanol–water partition coefficient (Wildman–Crippen LogP) is 18.0. The van der Waals surface area contributed by atoms with Crippen LogP contribution in [0.1, 0.15) is 186 Å². The molecule has 10 rings (SSSR count). The van der Waals surface area contributed by atoms with Crippen molar-refractivity contribution in [3.05, 3.63) is 200 Å². The molecule has 3 aliphatic rings. The number of nitrogens with zero attached hydrogens (tertiary/aromatic N) is 5. The Morgan fingerprint density at radius 2 is 0.550 bits per heavy atom. The number of hydrogen-bond acceptors (Lipinski definition) is 14. The lowest BCUT2D eigenvalue weighted by Crippen LogP contribution is -2.31.